The molecule has 41 heavy (non-hydrogen) atoms. The summed E-state index contributed by atoms with van der Waals surface area (Å²) in [5.41, 5.74) is 5.83. The van der Waals surface area contributed by atoms with Gasteiger partial charge in [-0.1, -0.05) is 44.2 Å². The summed E-state index contributed by atoms with van der Waals surface area (Å²) in [6.07, 6.45) is 6.30. The Bertz CT molecular complexity index is 1790. The summed E-state index contributed by atoms with van der Waals surface area (Å²) < 4.78 is 27.3. The molecule has 3 aromatic carbocycles. The van der Waals surface area contributed by atoms with Crippen LogP contribution in [0.4, 0.5) is 0 Å². The van der Waals surface area contributed by atoms with Crippen LogP contribution in [-0.4, -0.2) is 39.5 Å². The van der Waals surface area contributed by atoms with Crippen LogP contribution in [0.25, 0.3) is 21.8 Å². The van der Waals surface area contributed by atoms with Gasteiger partial charge in [0.15, 0.2) is 0 Å². The molecule has 0 fully saturated rings. The van der Waals surface area contributed by atoms with Crippen LogP contribution < -0.4 is 0 Å². The molecule has 3 N–H and O–H groups in total. The molecule has 5 rings (SSSR count). The largest absolute Gasteiger partial charge is 0.481 e. The van der Waals surface area contributed by atoms with E-state index in [0.717, 1.165) is 45.8 Å². The van der Waals surface area contributed by atoms with E-state index in [1.165, 1.54) is 9.54 Å². The normalized spacial score (nSPS) is 11.4. The molecule has 9 heteroatoms. The lowest BCUT2D eigenvalue weighted by Crippen LogP contribution is -2.11. The van der Waals surface area contributed by atoms with E-state index < -0.39 is 22.0 Å². The van der Waals surface area contributed by atoms with Gasteiger partial charge in [0.2, 0.25) is 0 Å². The highest BCUT2D eigenvalue weighted by molar-refractivity contribution is 7.90. The van der Waals surface area contributed by atoms with E-state index in [9.17, 15) is 18.0 Å². The first-order valence-electron chi connectivity index (χ1n) is 13.6. The number of aromatic nitrogens is 2. The maximum absolute atomic E-state index is 13.0. The smallest absolute Gasteiger partial charge is 0.303 e. The van der Waals surface area contributed by atoms with Gasteiger partial charge in [0.05, 0.1) is 10.4 Å². The lowest BCUT2D eigenvalue weighted by molar-refractivity contribution is -0.138. The maximum Gasteiger partial charge on any atom is 0.303 e. The lowest BCUT2D eigenvalue weighted by atomic mass is 10.0. The number of H-pyrrole nitrogens is 1. The zero-order valence-electron chi connectivity index (χ0n) is 23.1. The molecule has 0 unspecified atom stereocenters. The lowest BCUT2D eigenvalue weighted by Gasteiger charge is -2.07. The minimum absolute atomic E-state index is 0.0408. The number of nitrogens with one attached hydrogen (secondary N) is 1. The summed E-state index contributed by atoms with van der Waals surface area (Å²) in [7, 11) is -3.73. The van der Waals surface area contributed by atoms with Crippen molar-refractivity contribution in [2.45, 2.75) is 57.3 Å². The van der Waals surface area contributed by atoms with Crippen LogP contribution in [0.1, 0.15) is 48.9 Å². The van der Waals surface area contributed by atoms with Crippen LogP contribution in [0.15, 0.2) is 84.0 Å². The van der Waals surface area contributed by atoms with E-state index in [4.69, 9.17) is 10.2 Å². The number of carboxylic acids is 2. The Hall–Kier alpha value is -4.37. The third kappa shape index (κ3) is 6.86. The average molecular weight is 575 g/mol. The van der Waals surface area contributed by atoms with Crippen LogP contribution in [0.3, 0.4) is 0 Å². The van der Waals surface area contributed by atoms with Gasteiger partial charge in [-0.25, -0.2) is 12.4 Å². The second kappa shape index (κ2) is 12.9. The Balaban J connectivity index is 0.000000208. The Kier molecular flexibility index (Phi) is 9.29. The van der Waals surface area contributed by atoms with E-state index in [1.807, 2.05) is 25.3 Å². The molecule has 2 aromatic heterocycles. The standard InChI is InChI=1S/C19H19NO4S.C13H15NO2/c1-2-14-8-10-18-17(12-14)15(9-11-19(21)22)13-20(18)25(23,24)16-6-4-3-5-7-16;1-2-9-3-5-12-11(7-9)10(8-14-12)4-6-13(15)16/h3-8,10,12-13H,2,9,11H2,1H3,(H,21,22);3,5,7-8,14H,2,4,6H2,1H3,(H,15,16). The second-order valence-corrected chi connectivity index (χ2v) is 11.6. The number of carbonyl (C=O) groups is 2. The number of nitrogens with zero attached hydrogens (tertiary/aromatic N) is 1. The molecule has 0 amide bonds. The SMILES string of the molecule is CCc1ccc2[nH]cc(CCC(=O)O)c2c1.CCc1ccc2c(c1)c(CCC(=O)O)cn2S(=O)(=O)c1ccccc1. The van der Waals surface area contributed by atoms with Gasteiger partial charge in [-0.05, 0) is 84.3 Å². The number of benzene rings is 3. The Morgan fingerprint density at radius 1 is 0.780 bits per heavy atom. The number of aromatic amines is 1. The molecule has 0 aliphatic heterocycles. The maximum atomic E-state index is 13.0. The van der Waals surface area contributed by atoms with Gasteiger partial charge in [-0.3, -0.25) is 9.59 Å². The summed E-state index contributed by atoms with van der Waals surface area (Å²) in [6.45, 7) is 4.14. The van der Waals surface area contributed by atoms with Crippen molar-refractivity contribution in [1.82, 2.24) is 8.96 Å². The van der Waals surface area contributed by atoms with Crippen molar-refractivity contribution in [1.29, 1.82) is 0 Å². The molecule has 8 nitrogen and oxygen atoms in total. The molecule has 0 spiro atoms. The van der Waals surface area contributed by atoms with Gasteiger partial charge < -0.3 is 15.2 Å². The van der Waals surface area contributed by atoms with Crippen LogP contribution in [0.5, 0.6) is 0 Å². The van der Waals surface area contributed by atoms with Crippen molar-refractivity contribution in [2.24, 2.45) is 0 Å². The van der Waals surface area contributed by atoms with E-state index in [0.29, 0.717) is 11.9 Å². The Morgan fingerprint density at radius 3 is 1.98 bits per heavy atom. The predicted molar refractivity (Wildman–Crippen MR) is 160 cm³/mol. The van der Waals surface area contributed by atoms with Crippen LogP contribution in [-0.2, 0) is 45.3 Å². The van der Waals surface area contributed by atoms with E-state index in [1.54, 1.807) is 42.6 Å². The van der Waals surface area contributed by atoms with Gasteiger partial charge >= 0.3 is 11.9 Å². The van der Waals surface area contributed by atoms with E-state index in [2.05, 4.69) is 30.1 Å². The fourth-order valence-electron chi connectivity index (χ4n) is 4.77. The third-order valence-electron chi connectivity index (χ3n) is 7.08. The Labute approximate surface area is 239 Å². The summed E-state index contributed by atoms with van der Waals surface area (Å²) >= 11 is 0. The highest BCUT2D eigenvalue weighted by Crippen LogP contribution is 2.28. The molecule has 0 radical (unpaired) electrons. The number of rotatable bonds is 10. The van der Waals surface area contributed by atoms with E-state index >= 15 is 0 Å². The van der Waals surface area contributed by atoms with Gasteiger partial charge in [0.1, 0.15) is 0 Å². The van der Waals surface area contributed by atoms with Crippen molar-refractivity contribution >= 4 is 43.8 Å². The second-order valence-electron chi connectivity index (χ2n) is 9.81. The first-order valence-corrected chi connectivity index (χ1v) is 15.0. The van der Waals surface area contributed by atoms with E-state index in [-0.39, 0.29) is 24.2 Å². The van der Waals surface area contributed by atoms with Crippen molar-refractivity contribution in [3.63, 3.8) is 0 Å². The highest BCUT2D eigenvalue weighted by Gasteiger charge is 2.21. The molecule has 0 saturated heterocycles. The van der Waals surface area contributed by atoms with Gasteiger partial charge in [-0.2, -0.15) is 0 Å². The van der Waals surface area contributed by atoms with Crippen molar-refractivity contribution in [3.05, 3.63) is 101 Å². The van der Waals surface area contributed by atoms with Crippen molar-refractivity contribution in [3.8, 4) is 0 Å². The first kappa shape index (κ1) is 29.6. The van der Waals surface area contributed by atoms with Crippen LogP contribution in [0.2, 0.25) is 0 Å². The fraction of sp³-hybridized carbons (Fsp3) is 0.250. The highest BCUT2D eigenvalue weighted by atomic mass is 32.2. The zero-order chi connectivity index (χ0) is 29.6. The number of aliphatic carboxylic acids is 2. The monoisotopic (exact) mass is 574 g/mol. The van der Waals surface area contributed by atoms with Gasteiger partial charge in [-0.15, -0.1) is 0 Å². The molecule has 5 aromatic rings. The summed E-state index contributed by atoms with van der Waals surface area (Å²) in [5, 5.41) is 19.6. The topological polar surface area (TPSA) is 129 Å². The molecule has 0 saturated carbocycles. The predicted octanol–water partition coefficient (Wildman–Crippen LogP) is 6.21. The molecule has 214 valence electrons. The molecular formula is C32H34N2O6S. The Morgan fingerprint density at radius 2 is 1.37 bits per heavy atom. The van der Waals surface area contributed by atoms with Crippen LogP contribution >= 0.6 is 0 Å². The van der Waals surface area contributed by atoms with Gasteiger partial charge in [0, 0.05) is 41.5 Å². The molecule has 0 aliphatic rings. The number of aryl methyl sites for hydroxylation is 4. The number of hydrogen-bond acceptors (Lipinski definition) is 4. The molecule has 0 atom stereocenters. The number of hydrogen-bond donors (Lipinski definition) is 3. The third-order valence-corrected chi connectivity index (χ3v) is 8.77. The summed E-state index contributed by atoms with van der Waals surface area (Å²) in [4.78, 5) is 24.9. The zero-order valence-corrected chi connectivity index (χ0v) is 23.9. The first-order chi connectivity index (χ1) is 19.6. The van der Waals surface area contributed by atoms with Crippen molar-refractivity contribution in [2.75, 3.05) is 0 Å². The minimum Gasteiger partial charge on any atom is -0.481 e. The average Bonchev–Trinajstić information content (AvgIpc) is 3.56. The summed E-state index contributed by atoms with van der Waals surface area (Å²) in [5.74, 6) is -1.65. The number of carboxylic acid groups (broad SMARTS) is 2. The summed E-state index contributed by atoms with van der Waals surface area (Å²) in [6, 6.07) is 20.2. The van der Waals surface area contributed by atoms with Crippen LogP contribution in [0, 0.1) is 0 Å². The molecule has 0 aliphatic carbocycles. The number of fused-ring (bicyclic) bond motifs is 2. The molecular weight excluding hydrogens is 540 g/mol. The van der Waals surface area contributed by atoms with Crippen molar-refractivity contribution < 1.29 is 28.2 Å². The molecule has 2 heterocycles. The quantitative estimate of drug-likeness (QED) is 0.182. The van der Waals surface area contributed by atoms with Gasteiger partial charge in [0.25, 0.3) is 10.0 Å². The molecule has 0 bridgehead atoms. The minimum atomic E-state index is -3.73. The fourth-order valence-corrected chi connectivity index (χ4v) is 6.19.